The Morgan fingerprint density at radius 3 is 2.95 bits per heavy atom. The summed E-state index contributed by atoms with van der Waals surface area (Å²) in [6.45, 7) is 5.16. The number of hydrogen-bond acceptors (Lipinski definition) is 3. The van der Waals surface area contributed by atoms with E-state index in [2.05, 4.69) is 6.92 Å². The number of nitrogens with two attached hydrogens (primary N) is 1. The van der Waals surface area contributed by atoms with Crippen LogP contribution in [0.25, 0.3) is 0 Å². The minimum Gasteiger partial charge on any atom is -0.508 e. The molecule has 2 unspecified atom stereocenters. The summed E-state index contributed by atoms with van der Waals surface area (Å²) in [5.74, 6) is 0.580. The number of benzene rings is 1. The number of rotatable bonds is 2. The molecular formula is C15H22N2O2. The third kappa shape index (κ3) is 2.59. The van der Waals surface area contributed by atoms with Crippen molar-refractivity contribution in [3.63, 3.8) is 0 Å². The van der Waals surface area contributed by atoms with Gasteiger partial charge in [0.1, 0.15) is 5.75 Å². The van der Waals surface area contributed by atoms with Gasteiger partial charge in [-0.2, -0.15) is 0 Å². The molecule has 1 heterocycles. The zero-order chi connectivity index (χ0) is 14.0. The molecule has 1 saturated heterocycles. The van der Waals surface area contributed by atoms with Crippen molar-refractivity contribution in [2.45, 2.75) is 32.7 Å². The molecule has 0 saturated carbocycles. The molecule has 4 heteroatoms. The second-order valence-corrected chi connectivity index (χ2v) is 5.37. The van der Waals surface area contributed by atoms with Crippen molar-refractivity contribution in [1.82, 2.24) is 4.90 Å². The molecule has 2 atom stereocenters. The summed E-state index contributed by atoms with van der Waals surface area (Å²) in [4.78, 5) is 14.5. The average molecular weight is 262 g/mol. The first-order valence-corrected chi connectivity index (χ1v) is 6.86. The van der Waals surface area contributed by atoms with Gasteiger partial charge in [0.15, 0.2) is 0 Å². The molecule has 0 spiro atoms. The van der Waals surface area contributed by atoms with Gasteiger partial charge < -0.3 is 15.7 Å². The number of piperidine rings is 1. The Bertz CT molecular complexity index is 473. The lowest BCUT2D eigenvalue weighted by Crippen LogP contribution is -2.51. The van der Waals surface area contributed by atoms with Crippen LogP contribution >= 0.6 is 0 Å². The molecule has 1 amide bonds. The number of carbonyl (C=O) groups excluding carboxylic acids is 1. The molecule has 104 valence electrons. The van der Waals surface area contributed by atoms with Gasteiger partial charge in [-0.05, 0) is 37.8 Å². The van der Waals surface area contributed by atoms with Crippen molar-refractivity contribution in [2.24, 2.45) is 11.7 Å². The summed E-state index contributed by atoms with van der Waals surface area (Å²) in [5, 5.41) is 9.73. The Balaban J connectivity index is 2.29. The summed E-state index contributed by atoms with van der Waals surface area (Å²) in [7, 11) is 0. The number of likely N-dealkylation sites (tertiary alicyclic amines) is 1. The highest BCUT2D eigenvalue weighted by Crippen LogP contribution is 2.27. The summed E-state index contributed by atoms with van der Waals surface area (Å²) in [6, 6.07) is 5.18. The second kappa shape index (κ2) is 5.61. The molecule has 1 fully saturated rings. The number of nitrogens with zero attached hydrogens (tertiary/aromatic N) is 1. The minimum atomic E-state index is -0.0181. The highest BCUT2D eigenvalue weighted by molar-refractivity contribution is 5.96. The zero-order valence-electron chi connectivity index (χ0n) is 11.6. The smallest absolute Gasteiger partial charge is 0.254 e. The quantitative estimate of drug-likeness (QED) is 0.855. The van der Waals surface area contributed by atoms with Crippen molar-refractivity contribution in [2.75, 3.05) is 13.1 Å². The molecule has 1 aromatic carbocycles. The fourth-order valence-electron chi connectivity index (χ4n) is 2.87. The fourth-order valence-corrected chi connectivity index (χ4v) is 2.87. The molecule has 1 aliphatic rings. The summed E-state index contributed by atoms with van der Waals surface area (Å²) in [5.41, 5.74) is 7.04. The summed E-state index contributed by atoms with van der Waals surface area (Å²) in [6.07, 6.45) is 2.13. The van der Waals surface area contributed by atoms with E-state index in [0.717, 1.165) is 19.4 Å². The van der Waals surface area contributed by atoms with Crippen molar-refractivity contribution in [3.8, 4) is 5.75 Å². The first kappa shape index (κ1) is 13.9. The first-order chi connectivity index (χ1) is 9.06. The lowest BCUT2D eigenvalue weighted by atomic mass is 9.90. The number of hydrogen-bond donors (Lipinski definition) is 2. The molecule has 19 heavy (non-hydrogen) atoms. The molecule has 1 aromatic rings. The number of carbonyl (C=O) groups is 1. The topological polar surface area (TPSA) is 66.6 Å². The van der Waals surface area contributed by atoms with Crippen LogP contribution in [0.5, 0.6) is 5.75 Å². The van der Waals surface area contributed by atoms with Gasteiger partial charge in [-0.1, -0.05) is 13.0 Å². The van der Waals surface area contributed by atoms with Gasteiger partial charge in [0.2, 0.25) is 0 Å². The van der Waals surface area contributed by atoms with Crippen LogP contribution in [-0.4, -0.2) is 35.0 Å². The van der Waals surface area contributed by atoms with Gasteiger partial charge in [-0.15, -0.1) is 0 Å². The van der Waals surface area contributed by atoms with E-state index in [0.29, 0.717) is 23.6 Å². The van der Waals surface area contributed by atoms with Crippen LogP contribution in [0.15, 0.2) is 18.2 Å². The predicted molar refractivity (Wildman–Crippen MR) is 75.1 cm³/mol. The molecule has 3 N–H and O–H groups in total. The van der Waals surface area contributed by atoms with Gasteiger partial charge in [0.25, 0.3) is 5.91 Å². The molecule has 0 bridgehead atoms. The van der Waals surface area contributed by atoms with E-state index in [1.165, 1.54) is 0 Å². The normalized spacial score (nSPS) is 23.4. The van der Waals surface area contributed by atoms with Crippen LogP contribution in [0.2, 0.25) is 0 Å². The van der Waals surface area contributed by atoms with Gasteiger partial charge in [0.05, 0.1) is 0 Å². The van der Waals surface area contributed by atoms with Crippen LogP contribution in [0.4, 0.5) is 0 Å². The Morgan fingerprint density at radius 1 is 1.53 bits per heavy atom. The van der Waals surface area contributed by atoms with E-state index in [1.54, 1.807) is 25.1 Å². The fraction of sp³-hybridized carbons (Fsp3) is 0.533. The lowest BCUT2D eigenvalue weighted by molar-refractivity contribution is 0.0531. The molecule has 0 aromatic heterocycles. The maximum atomic E-state index is 12.6. The Hall–Kier alpha value is -1.55. The Morgan fingerprint density at radius 2 is 2.26 bits per heavy atom. The van der Waals surface area contributed by atoms with E-state index in [-0.39, 0.29) is 17.7 Å². The third-order valence-electron chi connectivity index (χ3n) is 4.15. The zero-order valence-corrected chi connectivity index (χ0v) is 11.6. The molecular weight excluding hydrogens is 240 g/mol. The Labute approximate surface area is 114 Å². The van der Waals surface area contributed by atoms with E-state index < -0.39 is 0 Å². The van der Waals surface area contributed by atoms with E-state index in [4.69, 9.17) is 5.73 Å². The van der Waals surface area contributed by atoms with Crippen molar-refractivity contribution >= 4 is 5.91 Å². The van der Waals surface area contributed by atoms with E-state index in [1.807, 2.05) is 4.90 Å². The SMILES string of the molecule is Cc1c(O)cccc1C(=O)N1CCCC(C)C1CN. The number of phenols is 1. The van der Waals surface area contributed by atoms with Gasteiger partial charge >= 0.3 is 0 Å². The van der Waals surface area contributed by atoms with Crippen LogP contribution in [0, 0.1) is 12.8 Å². The molecule has 0 radical (unpaired) electrons. The standard InChI is InChI=1S/C15H22N2O2/c1-10-5-4-8-17(13(10)9-16)15(19)12-6-3-7-14(18)11(12)2/h3,6-7,10,13,18H,4-5,8-9,16H2,1-2H3. The number of amides is 1. The highest BCUT2D eigenvalue weighted by atomic mass is 16.3. The van der Waals surface area contributed by atoms with Crippen LogP contribution < -0.4 is 5.73 Å². The van der Waals surface area contributed by atoms with Crippen molar-refractivity contribution in [3.05, 3.63) is 29.3 Å². The average Bonchev–Trinajstić information content (AvgIpc) is 2.41. The number of phenolic OH excluding ortho intramolecular Hbond substituents is 1. The minimum absolute atomic E-state index is 0.0181. The van der Waals surface area contributed by atoms with Crippen LogP contribution in [-0.2, 0) is 0 Å². The summed E-state index contributed by atoms with van der Waals surface area (Å²) >= 11 is 0. The van der Waals surface area contributed by atoms with Gasteiger partial charge in [0, 0.05) is 30.3 Å². The maximum absolute atomic E-state index is 12.6. The van der Waals surface area contributed by atoms with Crippen molar-refractivity contribution in [1.29, 1.82) is 0 Å². The lowest BCUT2D eigenvalue weighted by Gasteiger charge is -2.39. The molecule has 4 nitrogen and oxygen atoms in total. The molecule has 2 rings (SSSR count). The highest BCUT2D eigenvalue weighted by Gasteiger charge is 2.31. The monoisotopic (exact) mass is 262 g/mol. The van der Waals surface area contributed by atoms with Gasteiger partial charge in [-0.25, -0.2) is 0 Å². The van der Waals surface area contributed by atoms with Gasteiger partial charge in [-0.3, -0.25) is 4.79 Å². The predicted octanol–water partition coefficient (Wildman–Crippen LogP) is 1.90. The van der Waals surface area contributed by atoms with Crippen molar-refractivity contribution < 1.29 is 9.90 Å². The van der Waals surface area contributed by atoms with Crippen LogP contribution in [0.3, 0.4) is 0 Å². The third-order valence-corrected chi connectivity index (χ3v) is 4.15. The largest absolute Gasteiger partial charge is 0.508 e. The van der Waals surface area contributed by atoms with Crippen LogP contribution in [0.1, 0.15) is 35.7 Å². The summed E-state index contributed by atoms with van der Waals surface area (Å²) < 4.78 is 0. The van der Waals surface area contributed by atoms with E-state index in [9.17, 15) is 9.90 Å². The first-order valence-electron chi connectivity index (χ1n) is 6.86. The molecule has 1 aliphatic heterocycles. The maximum Gasteiger partial charge on any atom is 0.254 e. The number of aromatic hydroxyl groups is 1. The second-order valence-electron chi connectivity index (χ2n) is 5.37. The van der Waals surface area contributed by atoms with E-state index >= 15 is 0 Å². The molecule has 0 aliphatic carbocycles. The Kier molecular flexibility index (Phi) is 4.10.